The monoisotopic (exact) mass is 317 g/mol. The van der Waals surface area contributed by atoms with Gasteiger partial charge in [0.15, 0.2) is 0 Å². The van der Waals surface area contributed by atoms with Gasteiger partial charge in [-0.1, -0.05) is 24.3 Å². The third kappa shape index (κ3) is 2.26. The molecule has 0 bridgehead atoms. The van der Waals surface area contributed by atoms with E-state index in [1.165, 1.54) is 13.2 Å². The summed E-state index contributed by atoms with van der Waals surface area (Å²) in [5.41, 5.74) is 1.20. The van der Waals surface area contributed by atoms with E-state index in [9.17, 15) is 13.5 Å². The second-order valence-corrected chi connectivity index (χ2v) is 6.74. The number of benzene rings is 2. The molecule has 0 aliphatic carbocycles. The lowest BCUT2D eigenvalue weighted by molar-refractivity contribution is 0.283. The molecule has 6 heteroatoms. The maximum atomic E-state index is 12.7. The Labute approximate surface area is 128 Å². The van der Waals surface area contributed by atoms with Crippen LogP contribution in [0.15, 0.2) is 58.5 Å². The molecule has 1 aromatic heterocycles. The number of sulfone groups is 1. The van der Waals surface area contributed by atoms with Crippen molar-refractivity contribution >= 4 is 20.7 Å². The molecule has 3 aromatic rings. The second kappa shape index (κ2) is 5.47. The number of aromatic nitrogens is 1. The molecular weight excluding hydrogens is 302 g/mol. The molecule has 2 N–H and O–H groups in total. The van der Waals surface area contributed by atoms with Gasteiger partial charge in [0.1, 0.15) is 10.8 Å². The number of aliphatic hydroxyl groups is 1. The Hall–Kier alpha value is -2.31. The quantitative estimate of drug-likeness (QED) is 0.775. The van der Waals surface area contributed by atoms with Crippen molar-refractivity contribution < 1.29 is 18.3 Å². The van der Waals surface area contributed by atoms with Gasteiger partial charge in [0.25, 0.3) is 0 Å². The van der Waals surface area contributed by atoms with Gasteiger partial charge in [-0.05, 0) is 29.8 Å². The predicted molar refractivity (Wildman–Crippen MR) is 82.7 cm³/mol. The topological polar surface area (TPSA) is 79.4 Å². The number of methoxy groups -OCH3 is 1. The molecule has 0 fully saturated rings. The van der Waals surface area contributed by atoms with Gasteiger partial charge in [-0.3, -0.25) is 0 Å². The van der Waals surface area contributed by atoms with E-state index in [1.54, 1.807) is 42.5 Å². The second-order valence-electron chi connectivity index (χ2n) is 4.82. The summed E-state index contributed by atoms with van der Waals surface area (Å²) in [5, 5.41) is 10.1. The van der Waals surface area contributed by atoms with Crippen molar-refractivity contribution in [3.63, 3.8) is 0 Å². The molecular formula is C16H15NO4S. The van der Waals surface area contributed by atoms with Crippen LogP contribution in [0.5, 0.6) is 5.75 Å². The van der Waals surface area contributed by atoms with E-state index in [4.69, 9.17) is 4.74 Å². The maximum absolute atomic E-state index is 12.7. The number of H-pyrrole nitrogens is 1. The molecule has 22 heavy (non-hydrogen) atoms. The van der Waals surface area contributed by atoms with Crippen molar-refractivity contribution in [2.75, 3.05) is 7.11 Å². The summed E-state index contributed by atoms with van der Waals surface area (Å²) >= 11 is 0. The number of nitrogens with one attached hydrogen (secondary N) is 1. The van der Waals surface area contributed by atoms with Crippen LogP contribution in [0, 0.1) is 0 Å². The number of rotatable bonds is 4. The van der Waals surface area contributed by atoms with Crippen LogP contribution in [-0.2, 0) is 16.4 Å². The smallest absolute Gasteiger partial charge is 0.221 e. The summed E-state index contributed by atoms with van der Waals surface area (Å²) in [5.74, 6) is 0.529. The SMILES string of the molecule is COc1ccc(CO)c2cc(S(=O)(=O)c3ccccc3)[nH]c12. The highest BCUT2D eigenvalue weighted by Gasteiger charge is 2.21. The Morgan fingerprint density at radius 2 is 1.86 bits per heavy atom. The van der Waals surface area contributed by atoms with Gasteiger partial charge in [0.05, 0.1) is 24.1 Å². The Kier molecular flexibility index (Phi) is 3.64. The fourth-order valence-corrected chi connectivity index (χ4v) is 3.69. The Morgan fingerprint density at radius 1 is 1.14 bits per heavy atom. The molecule has 0 radical (unpaired) electrons. The highest BCUT2D eigenvalue weighted by atomic mass is 32.2. The van der Waals surface area contributed by atoms with Crippen molar-refractivity contribution in [1.82, 2.24) is 4.98 Å². The van der Waals surface area contributed by atoms with Crippen molar-refractivity contribution in [3.05, 3.63) is 54.1 Å². The van der Waals surface area contributed by atoms with E-state index in [-0.39, 0.29) is 16.5 Å². The van der Waals surface area contributed by atoms with Gasteiger partial charge in [0, 0.05) is 5.39 Å². The average Bonchev–Trinajstić information content (AvgIpc) is 3.01. The molecule has 1 heterocycles. The first-order valence-electron chi connectivity index (χ1n) is 6.67. The number of aliphatic hydroxyl groups excluding tert-OH is 1. The first-order valence-corrected chi connectivity index (χ1v) is 8.16. The first kappa shape index (κ1) is 14.6. The van der Waals surface area contributed by atoms with Crippen LogP contribution in [0.25, 0.3) is 10.9 Å². The third-order valence-corrected chi connectivity index (χ3v) is 5.25. The van der Waals surface area contributed by atoms with Crippen LogP contribution in [0.3, 0.4) is 0 Å². The number of ether oxygens (including phenoxy) is 1. The van der Waals surface area contributed by atoms with E-state index in [2.05, 4.69) is 4.98 Å². The molecule has 0 aliphatic rings. The van der Waals surface area contributed by atoms with Gasteiger partial charge in [0.2, 0.25) is 9.84 Å². The Balaban J connectivity index is 2.25. The molecule has 0 saturated heterocycles. The van der Waals surface area contributed by atoms with Crippen LogP contribution in [0.2, 0.25) is 0 Å². The number of fused-ring (bicyclic) bond motifs is 1. The number of hydrogen-bond donors (Lipinski definition) is 2. The molecule has 0 saturated carbocycles. The van der Waals surface area contributed by atoms with Gasteiger partial charge in [-0.25, -0.2) is 8.42 Å². The third-order valence-electron chi connectivity index (χ3n) is 3.55. The molecule has 0 atom stereocenters. The largest absolute Gasteiger partial charge is 0.495 e. The predicted octanol–water partition coefficient (Wildman–Crippen LogP) is 2.50. The normalized spacial score (nSPS) is 11.7. The fourth-order valence-electron chi connectivity index (χ4n) is 2.41. The molecule has 0 amide bonds. The molecule has 2 aromatic carbocycles. The van der Waals surface area contributed by atoms with Crippen molar-refractivity contribution in [1.29, 1.82) is 0 Å². The highest BCUT2D eigenvalue weighted by Crippen LogP contribution is 2.32. The Bertz CT molecular complexity index is 873. The van der Waals surface area contributed by atoms with Gasteiger partial charge >= 0.3 is 0 Å². The summed E-state index contributed by atoms with van der Waals surface area (Å²) in [7, 11) is -2.13. The maximum Gasteiger partial charge on any atom is 0.221 e. The summed E-state index contributed by atoms with van der Waals surface area (Å²) in [6.07, 6.45) is 0. The van der Waals surface area contributed by atoms with Crippen molar-refractivity contribution in [2.24, 2.45) is 0 Å². The van der Waals surface area contributed by atoms with Crippen LogP contribution in [-0.4, -0.2) is 25.6 Å². The number of hydrogen-bond acceptors (Lipinski definition) is 4. The minimum Gasteiger partial charge on any atom is -0.495 e. The minimum absolute atomic E-state index is 0.0768. The van der Waals surface area contributed by atoms with Crippen LogP contribution >= 0.6 is 0 Å². The summed E-state index contributed by atoms with van der Waals surface area (Å²) in [6.45, 7) is -0.177. The zero-order valence-corrected chi connectivity index (χ0v) is 12.7. The van der Waals surface area contributed by atoms with Gasteiger partial charge < -0.3 is 14.8 Å². The average molecular weight is 317 g/mol. The van der Waals surface area contributed by atoms with Crippen molar-refractivity contribution in [2.45, 2.75) is 16.5 Å². The lowest BCUT2D eigenvalue weighted by atomic mass is 10.1. The standard InChI is InChI=1S/C16H15NO4S/c1-21-14-8-7-11(10-18)13-9-15(17-16(13)14)22(19,20)12-5-3-2-4-6-12/h2-9,17-18H,10H2,1H3. The summed E-state index contributed by atoms with van der Waals surface area (Å²) in [6, 6.07) is 13.2. The lowest BCUT2D eigenvalue weighted by Crippen LogP contribution is -2.01. The molecule has 0 spiro atoms. The van der Waals surface area contributed by atoms with E-state index in [1.807, 2.05) is 0 Å². The summed E-state index contributed by atoms with van der Waals surface area (Å²) < 4.78 is 30.6. The zero-order valence-electron chi connectivity index (χ0n) is 11.9. The highest BCUT2D eigenvalue weighted by molar-refractivity contribution is 7.91. The van der Waals surface area contributed by atoms with E-state index < -0.39 is 9.84 Å². The molecule has 5 nitrogen and oxygen atoms in total. The minimum atomic E-state index is -3.64. The van der Waals surface area contributed by atoms with E-state index >= 15 is 0 Å². The van der Waals surface area contributed by atoms with Crippen molar-refractivity contribution in [3.8, 4) is 5.75 Å². The lowest BCUT2D eigenvalue weighted by Gasteiger charge is -2.04. The molecule has 0 aliphatic heterocycles. The van der Waals surface area contributed by atoms with Gasteiger partial charge in [-0.2, -0.15) is 0 Å². The van der Waals surface area contributed by atoms with Crippen LogP contribution in [0.1, 0.15) is 5.56 Å². The Morgan fingerprint density at radius 3 is 2.50 bits per heavy atom. The van der Waals surface area contributed by atoms with Crippen LogP contribution in [0.4, 0.5) is 0 Å². The van der Waals surface area contributed by atoms with Crippen LogP contribution < -0.4 is 4.74 Å². The van der Waals surface area contributed by atoms with E-state index in [0.29, 0.717) is 22.2 Å². The zero-order chi connectivity index (χ0) is 15.7. The fraction of sp³-hybridized carbons (Fsp3) is 0.125. The number of aromatic amines is 1. The summed E-state index contributed by atoms with van der Waals surface area (Å²) in [4.78, 5) is 3.12. The first-order chi connectivity index (χ1) is 10.6. The molecule has 3 rings (SSSR count). The molecule has 0 unspecified atom stereocenters. The molecule has 114 valence electrons. The van der Waals surface area contributed by atoms with E-state index in [0.717, 1.165) is 0 Å². The van der Waals surface area contributed by atoms with Gasteiger partial charge in [-0.15, -0.1) is 0 Å².